The summed E-state index contributed by atoms with van der Waals surface area (Å²) in [4.78, 5) is 13.4. The molecule has 1 aromatic carbocycles. The van der Waals surface area contributed by atoms with Crippen LogP contribution in [0, 0.1) is 6.92 Å². The minimum absolute atomic E-state index is 0.233. The molecule has 0 aliphatic rings. The monoisotopic (exact) mass is 363 g/mol. The standard InChI is InChI=1S/C16H18ClN5OS/c1-10-6-4-5-7-12(10)13-14(23-3)15(17)21-16(20-13)22-24-11(8-18)9-19-2/h4-9H,18H2,1-3H3,(H,20,21,22)/b11-8+,19-9?. The number of anilines is 1. The Morgan fingerprint density at radius 1 is 1.38 bits per heavy atom. The molecule has 0 saturated heterocycles. The molecule has 1 aromatic heterocycles. The Bertz CT molecular complexity index is 779. The van der Waals surface area contributed by atoms with Gasteiger partial charge in [-0.05, 0) is 24.4 Å². The normalized spacial score (nSPS) is 11.8. The summed E-state index contributed by atoms with van der Waals surface area (Å²) in [5.74, 6) is 0.791. The number of nitrogens with zero attached hydrogens (tertiary/aromatic N) is 3. The lowest BCUT2D eigenvalue weighted by Crippen LogP contribution is -2.02. The van der Waals surface area contributed by atoms with Crippen molar-refractivity contribution < 1.29 is 4.74 Å². The fourth-order valence-electron chi connectivity index (χ4n) is 2.01. The van der Waals surface area contributed by atoms with Crippen molar-refractivity contribution >= 4 is 35.7 Å². The van der Waals surface area contributed by atoms with E-state index in [4.69, 9.17) is 22.1 Å². The third kappa shape index (κ3) is 4.18. The van der Waals surface area contributed by atoms with Gasteiger partial charge in [0.15, 0.2) is 10.9 Å². The predicted molar refractivity (Wildman–Crippen MR) is 102 cm³/mol. The minimum atomic E-state index is 0.233. The highest BCUT2D eigenvalue weighted by Crippen LogP contribution is 2.36. The van der Waals surface area contributed by atoms with Crippen LogP contribution in [0.15, 0.2) is 40.4 Å². The van der Waals surface area contributed by atoms with E-state index in [1.54, 1.807) is 20.4 Å². The number of aliphatic imine (C=N–C) groups is 1. The van der Waals surface area contributed by atoms with E-state index < -0.39 is 0 Å². The van der Waals surface area contributed by atoms with Crippen molar-refractivity contribution in [2.45, 2.75) is 6.92 Å². The van der Waals surface area contributed by atoms with Gasteiger partial charge in [0.05, 0.1) is 12.0 Å². The molecule has 0 fully saturated rings. The second-order valence-electron chi connectivity index (χ2n) is 4.70. The Labute approximate surface area is 150 Å². The summed E-state index contributed by atoms with van der Waals surface area (Å²) in [6, 6.07) is 7.86. The van der Waals surface area contributed by atoms with E-state index in [9.17, 15) is 0 Å². The molecule has 6 nitrogen and oxygen atoms in total. The van der Waals surface area contributed by atoms with Gasteiger partial charge in [-0.1, -0.05) is 35.9 Å². The number of nitrogens with one attached hydrogen (secondary N) is 1. The van der Waals surface area contributed by atoms with Crippen LogP contribution < -0.4 is 15.2 Å². The third-order valence-corrected chi connectivity index (χ3v) is 4.13. The quantitative estimate of drug-likeness (QED) is 0.462. The first-order chi connectivity index (χ1) is 11.6. The fourth-order valence-corrected chi connectivity index (χ4v) is 2.78. The third-order valence-electron chi connectivity index (χ3n) is 3.11. The lowest BCUT2D eigenvalue weighted by molar-refractivity contribution is 0.413. The number of hydrogen-bond acceptors (Lipinski definition) is 7. The van der Waals surface area contributed by atoms with E-state index in [0.717, 1.165) is 16.0 Å². The van der Waals surface area contributed by atoms with Gasteiger partial charge in [0.25, 0.3) is 0 Å². The molecule has 0 atom stereocenters. The Hall–Kier alpha value is -2.25. The molecule has 0 radical (unpaired) electrons. The first-order valence-electron chi connectivity index (χ1n) is 7.05. The summed E-state index contributed by atoms with van der Waals surface area (Å²) in [7, 11) is 3.21. The van der Waals surface area contributed by atoms with Crippen molar-refractivity contribution in [3.8, 4) is 17.0 Å². The van der Waals surface area contributed by atoms with Crippen molar-refractivity contribution in [3.05, 3.63) is 46.1 Å². The highest BCUT2D eigenvalue weighted by molar-refractivity contribution is 8.05. The van der Waals surface area contributed by atoms with Crippen LogP contribution in [-0.4, -0.2) is 30.3 Å². The SMILES string of the molecule is CN=C/C(=C\N)SNc1nc(Cl)c(OC)c(-c2ccccc2C)n1. The maximum atomic E-state index is 6.26. The number of nitrogens with two attached hydrogens (primary N) is 1. The van der Waals surface area contributed by atoms with Crippen molar-refractivity contribution in [3.63, 3.8) is 0 Å². The lowest BCUT2D eigenvalue weighted by atomic mass is 10.1. The van der Waals surface area contributed by atoms with Crippen LogP contribution in [0.3, 0.4) is 0 Å². The highest BCUT2D eigenvalue weighted by Gasteiger charge is 2.17. The van der Waals surface area contributed by atoms with E-state index >= 15 is 0 Å². The van der Waals surface area contributed by atoms with Crippen LogP contribution >= 0.6 is 23.5 Å². The Kier molecular flexibility index (Phi) is 6.45. The molecule has 0 aliphatic heterocycles. The topological polar surface area (TPSA) is 85.4 Å². The van der Waals surface area contributed by atoms with Gasteiger partial charge >= 0.3 is 0 Å². The molecule has 0 saturated carbocycles. The summed E-state index contributed by atoms with van der Waals surface area (Å²) < 4.78 is 8.40. The number of methoxy groups -OCH3 is 1. The molecule has 0 bridgehead atoms. The molecule has 0 aliphatic carbocycles. The molecule has 3 N–H and O–H groups in total. The van der Waals surface area contributed by atoms with E-state index in [1.807, 2.05) is 31.2 Å². The fraction of sp³-hybridized carbons (Fsp3) is 0.188. The van der Waals surface area contributed by atoms with Crippen LogP contribution in [0.5, 0.6) is 5.75 Å². The first-order valence-corrected chi connectivity index (χ1v) is 8.24. The zero-order chi connectivity index (χ0) is 17.5. The van der Waals surface area contributed by atoms with E-state index in [0.29, 0.717) is 17.4 Å². The van der Waals surface area contributed by atoms with Gasteiger partial charge < -0.3 is 10.5 Å². The zero-order valence-electron chi connectivity index (χ0n) is 13.6. The number of halogens is 1. The number of ether oxygens (including phenoxy) is 1. The Balaban J connectivity index is 2.41. The zero-order valence-corrected chi connectivity index (χ0v) is 15.1. The van der Waals surface area contributed by atoms with Crippen LogP contribution in [0.25, 0.3) is 11.3 Å². The average Bonchev–Trinajstić information content (AvgIpc) is 2.58. The van der Waals surface area contributed by atoms with Gasteiger partial charge in [-0.2, -0.15) is 4.98 Å². The molecule has 0 amide bonds. The molecule has 0 unspecified atom stereocenters. The molecule has 126 valence electrons. The van der Waals surface area contributed by atoms with Crippen LogP contribution in [0.4, 0.5) is 5.95 Å². The van der Waals surface area contributed by atoms with Crippen molar-refractivity contribution in [1.82, 2.24) is 9.97 Å². The maximum Gasteiger partial charge on any atom is 0.235 e. The molecule has 0 spiro atoms. The van der Waals surface area contributed by atoms with Gasteiger partial charge in [-0.25, -0.2) is 4.98 Å². The highest BCUT2D eigenvalue weighted by atomic mass is 35.5. The molecular formula is C16H18ClN5OS. The second-order valence-corrected chi connectivity index (χ2v) is 5.93. The van der Waals surface area contributed by atoms with Gasteiger partial charge in [-0.3, -0.25) is 9.71 Å². The molecule has 2 rings (SSSR count). The number of benzene rings is 1. The summed E-state index contributed by atoms with van der Waals surface area (Å²) in [5, 5.41) is 0.233. The predicted octanol–water partition coefficient (Wildman–Crippen LogP) is 3.67. The summed E-state index contributed by atoms with van der Waals surface area (Å²) in [5.41, 5.74) is 8.15. The number of allylic oxidation sites excluding steroid dienone is 1. The number of rotatable bonds is 6. The van der Waals surface area contributed by atoms with Crippen molar-refractivity contribution in [2.75, 3.05) is 18.9 Å². The molecule has 2 aromatic rings. The van der Waals surface area contributed by atoms with Gasteiger partial charge in [-0.15, -0.1) is 0 Å². The largest absolute Gasteiger partial charge is 0.491 e. The average molecular weight is 364 g/mol. The van der Waals surface area contributed by atoms with Crippen molar-refractivity contribution in [1.29, 1.82) is 0 Å². The van der Waals surface area contributed by atoms with E-state index in [2.05, 4.69) is 19.7 Å². The molecule has 8 heteroatoms. The van der Waals surface area contributed by atoms with Crippen LogP contribution in [-0.2, 0) is 0 Å². The Morgan fingerprint density at radius 3 is 2.75 bits per heavy atom. The lowest BCUT2D eigenvalue weighted by Gasteiger charge is -2.13. The molecular weight excluding hydrogens is 346 g/mol. The maximum absolute atomic E-state index is 6.26. The summed E-state index contributed by atoms with van der Waals surface area (Å²) >= 11 is 7.50. The number of aromatic nitrogens is 2. The summed E-state index contributed by atoms with van der Waals surface area (Å²) in [6.07, 6.45) is 3.07. The smallest absolute Gasteiger partial charge is 0.235 e. The Morgan fingerprint density at radius 2 is 2.12 bits per heavy atom. The molecule has 24 heavy (non-hydrogen) atoms. The van der Waals surface area contributed by atoms with Gasteiger partial charge in [0.1, 0.15) is 5.69 Å². The van der Waals surface area contributed by atoms with Crippen LogP contribution in [0.1, 0.15) is 5.56 Å². The first kappa shape index (κ1) is 18.1. The van der Waals surface area contributed by atoms with Gasteiger partial charge in [0.2, 0.25) is 5.95 Å². The van der Waals surface area contributed by atoms with E-state index in [1.165, 1.54) is 18.1 Å². The second kappa shape index (κ2) is 8.56. The number of aryl methyl sites for hydroxylation is 1. The van der Waals surface area contributed by atoms with Crippen LogP contribution in [0.2, 0.25) is 5.15 Å². The van der Waals surface area contributed by atoms with Crippen molar-refractivity contribution in [2.24, 2.45) is 10.7 Å². The van der Waals surface area contributed by atoms with Gasteiger partial charge in [0, 0.05) is 25.0 Å². The molecule has 1 heterocycles. The summed E-state index contributed by atoms with van der Waals surface area (Å²) in [6.45, 7) is 2.00. The van der Waals surface area contributed by atoms with E-state index in [-0.39, 0.29) is 5.15 Å². The minimum Gasteiger partial charge on any atom is -0.491 e. The number of hydrogen-bond donors (Lipinski definition) is 2.